The maximum Gasteiger partial charge on any atom is 0.257 e. The number of anilines is 5. The molecule has 0 spiro atoms. The summed E-state index contributed by atoms with van der Waals surface area (Å²) in [4.78, 5) is 28.7. The Kier molecular flexibility index (Phi) is 4.64. The molecule has 0 fully saturated rings. The van der Waals surface area contributed by atoms with E-state index in [1.54, 1.807) is 28.9 Å². The van der Waals surface area contributed by atoms with Gasteiger partial charge in [-0.25, -0.2) is 23.3 Å². The second kappa shape index (κ2) is 7.51. The number of hydrogen-bond donors (Lipinski definition) is 1. The van der Waals surface area contributed by atoms with E-state index in [0.717, 1.165) is 15.9 Å². The van der Waals surface area contributed by atoms with Gasteiger partial charge in [-0.05, 0) is 18.6 Å². The summed E-state index contributed by atoms with van der Waals surface area (Å²) >= 11 is 0. The van der Waals surface area contributed by atoms with Gasteiger partial charge in [0.15, 0.2) is 11.5 Å². The second-order valence-corrected chi connectivity index (χ2v) is 7.31. The van der Waals surface area contributed by atoms with Crippen molar-refractivity contribution in [2.45, 2.75) is 19.9 Å². The Morgan fingerprint density at radius 3 is 2.84 bits per heavy atom. The third-order valence-electron chi connectivity index (χ3n) is 5.16. The lowest BCUT2D eigenvalue weighted by Gasteiger charge is -2.33. The molecule has 1 aliphatic rings. The molecule has 4 aromatic rings. The average Bonchev–Trinajstić information content (AvgIpc) is 3.39. The smallest absolute Gasteiger partial charge is 0.257 e. The van der Waals surface area contributed by atoms with Gasteiger partial charge in [-0.2, -0.15) is 15.2 Å². The van der Waals surface area contributed by atoms with E-state index in [2.05, 4.69) is 30.5 Å². The number of pyridine rings is 1. The minimum absolute atomic E-state index is 0.00965. The molecular weight excluding hydrogens is 422 g/mol. The van der Waals surface area contributed by atoms with E-state index >= 15 is 0 Å². The lowest BCUT2D eigenvalue weighted by Crippen LogP contribution is -2.42. The monoisotopic (exact) mass is 440 g/mol. The predicted octanol–water partition coefficient (Wildman–Crippen LogP) is 2.15. The van der Waals surface area contributed by atoms with Crippen molar-refractivity contribution in [1.29, 1.82) is 0 Å². The average molecular weight is 440 g/mol. The quantitative estimate of drug-likeness (QED) is 0.503. The van der Waals surface area contributed by atoms with Crippen LogP contribution < -0.4 is 15.1 Å². The van der Waals surface area contributed by atoms with Crippen LogP contribution in [0, 0.1) is 6.92 Å². The van der Waals surface area contributed by atoms with E-state index in [0.29, 0.717) is 28.8 Å². The van der Waals surface area contributed by atoms with Gasteiger partial charge in [0.05, 0.1) is 30.0 Å². The van der Waals surface area contributed by atoms with E-state index in [4.69, 9.17) is 0 Å². The van der Waals surface area contributed by atoms with Crippen molar-refractivity contribution in [3.63, 3.8) is 0 Å². The van der Waals surface area contributed by atoms with Gasteiger partial charge < -0.3 is 15.1 Å². The van der Waals surface area contributed by atoms with Gasteiger partial charge in [-0.15, -0.1) is 0 Å². The maximum atomic E-state index is 12.7. The van der Waals surface area contributed by atoms with Gasteiger partial charge in [0.1, 0.15) is 25.1 Å². The molecule has 0 bridgehead atoms. The zero-order valence-corrected chi connectivity index (χ0v) is 17.1. The van der Waals surface area contributed by atoms with E-state index < -0.39 is 13.0 Å². The summed E-state index contributed by atoms with van der Waals surface area (Å²) in [6, 6.07) is 1.88. The van der Waals surface area contributed by atoms with Crippen LogP contribution in [0.25, 0.3) is 5.65 Å². The largest absolute Gasteiger partial charge is 0.323 e. The third-order valence-corrected chi connectivity index (χ3v) is 5.16. The number of fused-ring (bicyclic) bond motifs is 2. The number of hydrogen-bond acceptors (Lipinski definition) is 8. The zero-order chi connectivity index (χ0) is 22.4. The number of alkyl halides is 2. The highest BCUT2D eigenvalue weighted by Gasteiger charge is 2.31. The highest BCUT2D eigenvalue weighted by atomic mass is 19.3. The molecule has 13 heteroatoms. The molecule has 0 radical (unpaired) electrons. The number of aryl methyl sites for hydroxylation is 1. The third kappa shape index (κ3) is 3.46. The summed E-state index contributed by atoms with van der Waals surface area (Å²) < 4.78 is 28.2. The molecule has 4 aromatic heterocycles. The fourth-order valence-corrected chi connectivity index (χ4v) is 3.47. The number of carbonyl (C=O) groups is 1. The van der Waals surface area contributed by atoms with Crippen LogP contribution in [0.15, 0.2) is 37.2 Å². The van der Waals surface area contributed by atoms with Crippen molar-refractivity contribution >= 4 is 40.4 Å². The zero-order valence-electron chi connectivity index (χ0n) is 17.1. The first-order valence-electron chi connectivity index (χ1n) is 9.68. The van der Waals surface area contributed by atoms with E-state index in [9.17, 15) is 13.6 Å². The number of nitrogens with zero attached hydrogens (tertiary/aromatic N) is 9. The first kappa shape index (κ1) is 19.8. The fourth-order valence-electron chi connectivity index (χ4n) is 3.47. The van der Waals surface area contributed by atoms with Gasteiger partial charge in [-0.1, -0.05) is 0 Å². The topological polar surface area (TPSA) is 109 Å². The Labute approximate surface area is 180 Å². The summed E-state index contributed by atoms with van der Waals surface area (Å²) in [6.07, 6.45) is 5.15. The summed E-state index contributed by atoms with van der Waals surface area (Å²) in [7, 11) is 1.64. The Hall–Kier alpha value is -4.16. The molecule has 0 aliphatic carbocycles. The number of aromatic nitrogens is 7. The van der Waals surface area contributed by atoms with Crippen LogP contribution in [0.5, 0.6) is 0 Å². The lowest BCUT2D eigenvalue weighted by atomic mass is 10.2. The summed E-state index contributed by atoms with van der Waals surface area (Å²) in [5.74, 6) is 0.579. The number of carbonyl (C=O) groups excluding carboxylic acids is 1. The summed E-state index contributed by atoms with van der Waals surface area (Å²) in [6.45, 7) is 1.38. The normalized spacial score (nSPS) is 13.8. The predicted molar refractivity (Wildman–Crippen MR) is 112 cm³/mol. The van der Waals surface area contributed by atoms with Crippen molar-refractivity contribution in [2.75, 3.05) is 28.7 Å². The summed E-state index contributed by atoms with van der Waals surface area (Å²) in [5, 5.41) is 11.3. The van der Waals surface area contributed by atoms with Crippen molar-refractivity contribution in [1.82, 2.24) is 34.3 Å². The van der Waals surface area contributed by atoms with Crippen LogP contribution in [0.1, 0.15) is 5.56 Å². The molecule has 1 aliphatic heterocycles. The highest BCUT2D eigenvalue weighted by molar-refractivity contribution is 6.03. The van der Waals surface area contributed by atoms with E-state index in [1.807, 2.05) is 13.0 Å². The lowest BCUT2D eigenvalue weighted by molar-refractivity contribution is -0.117. The Balaban J connectivity index is 1.51. The van der Waals surface area contributed by atoms with Gasteiger partial charge in [0.25, 0.3) is 6.43 Å². The van der Waals surface area contributed by atoms with Crippen molar-refractivity contribution in [3.8, 4) is 0 Å². The molecule has 0 unspecified atom stereocenters. The van der Waals surface area contributed by atoms with Crippen molar-refractivity contribution in [2.24, 2.45) is 0 Å². The first-order chi connectivity index (χ1) is 15.4. The molecule has 32 heavy (non-hydrogen) atoms. The molecule has 1 amide bonds. The standard InChI is InChI=1S/C19H18F2N10O/c1-11-3-16-23-10-25-31(16)7-13(11)26-19-22-5-14-18(27-19)30(9-17(32)28(14)2)12-4-24-29(6-12)8-15(20)21/h3-7,10,15H,8-9H2,1-2H3,(H,22,26,27). The van der Waals surface area contributed by atoms with Crippen molar-refractivity contribution < 1.29 is 13.6 Å². The van der Waals surface area contributed by atoms with Gasteiger partial charge in [0, 0.05) is 13.2 Å². The molecule has 5 heterocycles. The molecule has 0 saturated heterocycles. The minimum Gasteiger partial charge on any atom is -0.323 e. The van der Waals surface area contributed by atoms with Crippen LogP contribution in [0.2, 0.25) is 0 Å². The van der Waals surface area contributed by atoms with Crippen LogP contribution in [-0.4, -0.2) is 60.3 Å². The molecule has 0 atom stereocenters. The molecule has 0 saturated carbocycles. The fraction of sp³-hybridized carbons (Fsp3) is 0.263. The first-order valence-corrected chi connectivity index (χ1v) is 9.68. The van der Waals surface area contributed by atoms with Gasteiger partial charge in [0.2, 0.25) is 11.9 Å². The number of nitrogens with one attached hydrogen (secondary N) is 1. The Bertz CT molecular complexity index is 1320. The molecule has 5 rings (SSSR count). The van der Waals surface area contributed by atoms with E-state index in [1.165, 1.54) is 23.6 Å². The number of halogens is 2. The number of rotatable bonds is 5. The maximum absolute atomic E-state index is 12.7. The second-order valence-electron chi connectivity index (χ2n) is 7.31. The number of amides is 1. The van der Waals surface area contributed by atoms with Crippen LogP contribution >= 0.6 is 0 Å². The van der Waals surface area contributed by atoms with Crippen LogP contribution in [0.4, 0.5) is 37.6 Å². The number of likely N-dealkylation sites (N-methyl/N-ethyl adjacent to an activating group) is 1. The van der Waals surface area contributed by atoms with Crippen LogP contribution in [-0.2, 0) is 11.3 Å². The molecular formula is C19H18F2N10O. The molecule has 164 valence electrons. The highest BCUT2D eigenvalue weighted by Crippen LogP contribution is 2.36. The molecule has 11 nitrogen and oxygen atoms in total. The Morgan fingerprint density at radius 2 is 2.03 bits per heavy atom. The van der Waals surface area contributed by atoms with Gasteiger partial charge in [-0.3, -0.25) is 9.48 Å². The Morgan fingerprint density at radius 1 is 1.19 bits per heavy atom. The molecule has 1 N–H and O–H groups in total. The van der Waals surface area contributed by atoms with Crippen LogP contribution in [0.3, 0.4) is 0 Å². The summed E-state index contributed by atoms with van der Waals surface area (Å²) in [5.41, 5.74) is 3.35. The van der Waals surface area contributed by atoms with Gasteiger partial charge >= 0.3 is 0 Å². The molecule has 0 aromatic carbocycles. The SMILES string of the molecule is Cc1cc2ncnn2cc1Nc1ncc2c(n1)N(c1cnn(CC(F)F)c1)CC(=O)N2C. The van der Waals surface area contributed by atoms with Crippen molar-refractivity contribution in [3.05, 3.63) is 42.7 Å². The van der Waals surface area contributed by atoms with E-state index in [-0.39, 0.29) is 12.5 Å². The minimum atomic E-state index is -2.53.